The maximum absolute atomic E-state index is 11.7. The fourth-order valence-corrected chi connectivity index (χ4v) is 2.06. The summed E-state index contributed by atoms with van der Waals surface area (Å²) in [4.78, 5) is 22.7. The van der Waals surface area contributed by atoms with Gasteiger partial charge in [-0.1, -0.05) is 22.0 Å². The molecule has 0 bridgehead atoms. The first-order valence-corrected chi connectivity index (χ1v) is 5.81. The van der Waals surface area contributed by atoms with E-state index in [0.717, 1.165) is 15.7 Å². The molecule has 1 heterocycles. The van der Waals surface area contributed by atoms with Crippen molar-refractivity contribution in [1.82, 2.24) is 5.32 Å². The third kappa shape index (κ3) is 2.48. The highest BCUT2D eigenvalue weighted by Crippen LogP contribution is 2.32. The Kier molecular flexibility index (Phi) is 3.44. The highest BCUT2D eigenvalue weighted by Gasteiger charge is 2.30. The van der Waals surface area contributed by atoms with Crippen molar-refractivity contribution in [2.75, 3.05) is 19.0 Å². The van der Waals surface area contributed by atoms with E-state index in [9.17, 15) is 9.59 Å². The highest BCUT2D eigenvalue weighted by molar-refractivity contribution is 9.10. The number of rotatable bonds is 3. The summed E-state index contributed by atoms with van der Waals surface area (Å²) in [5.74, 6) is -0.564. The van der Waals surface area contributed by atoms with Crippen LogP contribution in [-0.2, 0) is 14.3 Å². The zero-order chi connectivity index (χ0) is 12.4. The number of halogens is 1. The Labute approximate surface area is 107 Å². The molecule has 0 saturated carbocycles. The first-order valence-electron chi connectivity index (χ1n) is 5.02. The van der Waals surface area contributed by atoms with E-state index in [0.29, 0.717) is 0 Å². The number of hydrogen-bond acceptors (Lipinski definition) is 4. The van der Waals surface area contributed by atoms with Crippen LogP contribution in [0, 0.1) is 0 Å². The van der Waals surface area contributed by atoms with E-state index in [1.54, 1.807) is 0 Å². The SMILES string of the molecule is COC(=O)CNC1C(=O)Nc2cc(Br)ccc21. The molecule has 2 N–H and O–H groups in total. The molecular weight excluding hydrogens is 288 g/mol. The van der Waals surface area contributed by atoms with Crippen molar-refractivity contribution in [2.45, 2.75) is 6.04 Å². The molecule has 6 heteroatoms. The molecule has 1 atom stereocenters. The molecule has 1 amide bonds. The van der Waals surface area contributed by atoms with Gasteiger partial charge in [-0.3, -0.25) is 14.9 Å². The highest BCUT2D eigenvalue weighted by atomic mass is 79.9. The summed E-state index contributed by atoms with van der Waals surface area (Å²) in [5, 5.41) is 5.60. The Morgan fingerprint density at radius 1 is 1.59 bits per heavy atom. The van der Waals surface area contributed by atoms with E-state index in [1.807, 2.05) is 18.2 Å². The monoisotopic (exact) mass is 298 g/mol. The maximum Gasteiger partial charge on any atom is 0.319 e. The lowest BCUT2D eigenvalue weighted by Gasteiger charge is -2.10. The molecule has 1 aromatic rings. The number of ether oxygens (including phenoxy) is 1. The summed E-state index contributed by atoms with van der Waals surface area (Å²) in [6.45, 7) is 0.00406. The second-order valence-electron chi connectivity index (χ2n) is 3.61. The average Bonchev–Trinajstić information content (AvgIpc) is 2.61. The maximum atomic E-state index is 11.7. The first-order chi connectivity index (χ1) is 8.11. The lowest BCUT2D eigenvalue weighted by molar-refractivity contribution is -0.139. The van der Waals surface area contributed by atoms with Gasteiger partial charge in [0.1, 0.15) is 6.04 Å². The van der Waals surface area contributed by atoms with E-state index in [4.69, 9.17) is 0 Å². The third-order valence-electron chi connectivity index (χ3n) is 2.52. The smallest absolute Gasteiger partial charge is 0.319 e. The largest absolute Gasteiger partial charge is 0.468 e. The second kappa shape index (κ2) is 4.85. The van der Waals surface area contributed by atoms with E-state index in [-0.39, 0.29) is 12.5 Å². The molecular formula is C11H11BrN2O3. The van der Waals surface area contributed by atoms with Crippen LogP contribution in [0.3, 0.4) is 0 Å². The van der Waals surface area contributed by atoms with Gasteiger partial charge in [0.2, 0.25) is 5.91 Å². The lowest BCUT2D eigenvalue weighted by Crippen LogP contribution is -2.32. The summed E-state index contributed by atoms with van der Waals surface area (Å²) < 4.78 is 5.41. The molecule has 0 radical (unpaired) electrons. The molecule has 0 saturated heterocycles. The van der Waals surface area contributed by atoms with Crippen LogP contribution in [0.5, 0.6) is 0 Å². The molecule has 1 aromatic carbocycles. The van der Waals surface area contributed by atoms with Crippen molar-refractivity contribution in [3.05, 3.63) is 28.2 Å². The Hall–Kier alpha value is -1.40. The fourth-order valence-electron chi connectivity index (χ4n) is 1.69. The number of fused-ring (bicyclic) bond motifs is 1. The average molecular weight is 299 g/mol. The van der Waals surface area contributed by atoms with Crippen molar-refractivity contribution in [2.24, 2.45) is 0 Å². The summed E-state index contributed by atoms with van der Waals surface area (Å²) in [5.41, 5.74) is 1.59. The summed E-state index contributed by atoms with van der Waals surface area (Å²) >= 11 is 3.33. The second-order valence-corrected chi connectivity index (χ2v) is 4.53. The predicted molar refractivity (Wildman–Crippen MR) is 65.5 cm³/mol. The van der Waals surface area contributed by atoms with E-state index in [2.05, 4.69) is 31.3 Å². The van der Waals surface area contributed by atoms with Gasteiger partial charge < -0.3 is 10.1 Å². The van der Waals surface area contributed by atoms with E-state index < -0.39 is 12.0 Å². The Balaban J connectivity index is 2.15. The Bertz CT molecular complexity index is 476. The number of hydrogen-bond donors (Lipinski definition) is 2. The third-order valence-corrected chi connectivity index (χ3v) is 3.02. The van der Waals surface area contributed by atoms with Crippen molar-refractivity contribution < 1.29 is 14.3 Å². The van der Waals surface area contributed by atoms with Crippen molar-refractivity contribution in [1.29, 1.82) is 0 Å². The van der Waals surface area contributed by atoms with Crippen LogP contribution >= 0.6 is 15.9 Å². The zero-order valence-corrected chi connectivity index (χ0v) is 10.7. The van der Waals surface area contributed by atoms with Gasteiger partial charge in [0.25, 0.3) is 0 Å². The quantitative estimate of drug-likeness (QED) is 0.823. The minimum Gasteiger partial charge on any atom is -0.468 e. The number of benzene rings is 1. The molecule has 0 aliphatic carbocycles. The Morgan fingerprint density at radius 3 is 3.06 bits per heavy atom. The molecule has 90 valence electrons. The van der Waals surface area contributed by atoms with Gasteiger partial charge in [0.15, 0.2) is 0 Å². The van der Waals surface area contributed by atoms with Crippen molar-refractivity contribution in [3.8, 4) is 0 Å². The lowest BCUT2D eigenvalue weighted by atomic mass is 10.1. The van der Waals surface area contributed by atoms with Crippen LogP contribution in [-0.4, -0.2) is 25.5 Å². The van der Waals surface area contributed by atoms with Crippen LogP contribution < -0.4 is 10.6 Å². The standard InChI is InChI=1S/C11H11BrN2O3/c1-17-9(15)5-13-10-7-3-2-6(12)4-8(7)14-11(10)16/h2-4,10,13H,5H2,1H3,(H,14,16). The molecule has 5 nitrogen and oxygen atoms in total. The molecule has 0 fully saturated rings. The van der Waals surface area contributed by atoms with Crippen molar-refractivity contribution >= 4 is 33.5 Å². The molecule has 0 spiro atoms. The minimum absolute atomic E-state index is 0.00406. The van der Waals surface area contributed by atoms with Gasteiger partial charge in [0, 0.05) is 15.7 Å². The van der Waals surface area contributed by atoms with Gasteiger partial charge in [0.05, 0.1) is 13.7 Å². The number of methoxy groups -OCH3 is 1. The Morgan fingerprint density at radius 2 is 2.35 bits per heavy atom. The molecule has 1 aliphatic heterocycles. The number of carbonyl (C=O) groups is 2. The molecule has 0 aromatic heterocycles. The number of amides is 1. The zero-order valence-electron chi connectivity index (χ0n) is 9.12. The first kappa shape index (κ1) is 12.1. The summed E-state index contributed by atoms with van der Waals surface area (Å²) in [6, 6.07) is 5.02. The van der Waals surface area contributed by atoms with E-state index in [1.165, 1.54) is 7.11 Å². The van der Waals surface area contributed by atoms with Gasteiger partial charge in [-0.2, -0.15) is 0 Å². The summed E-state index contributed by atoms with van der Waals surface area (Å²) in [7, 11) is 1.31. The number of esters is 1. The molecule has 17 heavy (non-hydrogen) atoms. The summed E-state index contributed by atoms with van der Waals surface area (Å²) in [6.07, 6.45) is 0. The van der Waals surface area contributed by atoms with Crippen molar-refractivity contribution in [3.63, 3.8) is 0 Å². The number of nitrogens with one attached hydrogen (secondary N) is 2. The van der Waals surface area contributed by atoms with Gasteiger partial charge >= 0.3 is 5.97 Å². The number of carbonyl (C=O) groups excluding carboxylic acids is 2. The number of anilines is 1. The van der Waals surface area contributed by atoms with E-state index >= 15 is 0 Å². The van der Waals surface area contributed by atoms with Gasteiger partial charge in [-0.15, -0.1) is 0 Å². The van der Waals surface area contributed by atoms with Crippen LogP contribution in [0.4, 0.5) is 5.69 Å². The molecule has 2 rings (SSSR count). The fraction of sp³-hybridized carbons (Fsp3) is 0.273. The molecule has 1 unspecified atom stereocenters. The van der Waals surface area contributed by atoms with Crippen LogP contribution in [0.25, 0.3) is 0 Å². The van der Waals surface area contributed by atoms with Gasteiger partial charge in [-0.05, 0) is 12.1 Å². The minimum atomic E-state index is -0.503. The van der Waals surface area contributed by atoms with Crippen LogP contribution in [0.15, 0.2) is 22.7 Å². The topological polar surface area (TPSA) is 67.4 Å². The predicted octanol–water partition coefficient (Wildman–Crippen LogP) is 1.20. The van der Waals surface area contributed by atoms with Gasteiger partial charge in [-0.25, -0.2) is 0 Å². The normalized spacial score (nSPS) is 17.5. The van der Waals surface area contributed by atoms with Crippen LogP contribution in [0.2, 0.25) is 0 Å². The van der Waals surface area contributed by atoms with Crippen LogP contribution in [0.1, 0.15) is 11.6 Å². The molecule has 1 aliphatic rings.